The first-order valence-corrected chi connectivity index (χ1v) is 8.23. The molecule has 0 unspecified atom stereocenters. The number of piperazine rings is 1. The summed E-state index contributed by atoms with van der Waals surface area (Å²) in [5, 5.41) is 0. The largest absolute Gasteiger partial charge is 0.481 e. The Labute approximate surface area is 145 Å². The van der Waals surface area contributed by atoms with Crippen LogP contribution >= 0.6 is 0 Å². The summed E-state index contributed by atoms with van der Waals surface area (Å²) in [6.07, 6.45) is 3.61. The van der Waals surface area contributed by atoms with Crippen LogP contribution in [0.25, 0.3) is 5.52 Å². The Hall–Kier alpha value is -3.09. The first-order chi connectivity index (χ1) is 12.3. The quantitative estimate of drug-likeness (QED) is 0.728. The molecule has 0 spiro atoms. The molecular formula is C18H19N5O2. The van der Waals surface area contributed by atoms with Crippen molar-refractivity contribution in [2.45, 2.75) is 0 Å². The fourth-order valence-electron chi connectivity index (χ4n) is 3.10. The lowest BCUT2D eigenvalue weighted by Crippen LogP contribution is -2.49. The van der Waals surface area contributed by atoms with E-state index in [9.17, 15) is 4.79 Å². The molecule has 4 rings (SSSR count). The topological polar surface area (TPSA) is 63.0 Å². The van der Waals surface area contributed by atoms with Gasteiger partial charge in [0.15, 0.2) is 0 Å². The zero-order chi connectivity index (χ0) is 17.2. The Kier molecular flexibility index (Phi) is 3.97. The van der Waals surface area contributed by atoms with Gasteiger partial charge in [-0.25, -0.2) is 4.98 Å². The Bertz CT molecular complexity index is 899. The van der Waals surface area contributed by atoms with Crippen LogP contribution in [0.5, 0.6) is 5.88 Å². The van der Waals surface area contributed by atoms with Crippen molar-refractivity contribution in [3.8, 4) is 5.88 Å². The van der Waals surface area contributed by atoms with Crippen LogP contribution in [-0.4, -0.2) is 58.5 Å². The smallest absolute Gasteiger partial charge is 0.270 e. The maximum absolute atomic E-state index is 12.9. The second kappa shape index (κ2) is 6.43. The molecule has 7 heteroatoms. The molecule has 4 heterocycles. The van der Waals surface area contributed by atoms with Crippen LogP contribution in [0.15, 0.2) is 48.8 Å². The van der Waals surface area contributed by atoms with Gasteiger partial charge in [0.05, 0.1) is 7.11 Å². The van der Waals surface area contributed by atoms with Gasteiger partial charge >= 0.3 is 0 Å². The minimum absolute atomic E-state index is 0.0532. The predicted octanol–water partition coefficient (Wildman–Crippen LogP) is 1.70. The maximum atomic E-state index is 12.9. The van der Waals surface area contributed by atoms with Crippen LogP contribution in [0.2, 0.25) is 0 Å². The van der Waals surface area contributed by atoms with E-state index in [2.05, 4.69) is 14.9 Å². The molecule has 1 amide bonds. The minimum atomic E-state index is 0.0532. The molecule has 128 valence electrons. The van der Waals surface area contributed by atoms with E-state index in [1.807, 2.05) is 45.8 Å². The normalized spacial score (nSPS) is 14.8. The van der Waals surface area contributed by atoms with E-state index in [1.54, 1.807) is 19.4 Å². The van der Waals surface area contributed by atoms with E-state index in [1.165, 1.54) is 0 Å². The number of methoxy groups -OCH3 is 1. The van der Waals surface area contributed by atoms with E-state index in [0.29, 0.717) is 43.7 Å². The van der Waals surface area contributed by atoms with Crippen LogP contribution in [0.1, 0.15) is 10.5 Å². The van der Waals surface area contributed by atoms with Gasteiger partial charge < -0.3 is 18.9 Å². The molecule has 1 aliphatic rings. The first-order valence-electron chi connectivity index (χ1n) is 8.23. The van der Waals surface area contributed by atoms with Crippen molar-refractivity contribution in [2.24, 2.45) is 0 Å². The SMILES string of the molecule is COc1ccnc(N2CCN(C(=O)c3ccc4ccccn34)CC2)n1. The third kappa shape index (κ3) is 2.88. The fraction of sp³-hybridized carbons (Fsp3) is 0.278. The van der Waals surface area contributed by atoms with Gasteiger partial charge in [0.25, 0.3) is 5.91 Å². The summed E-state index contributed by atoms with van der Waals surface area (Å²) >= 11 is 0. The van der Waals surface area contributed by atoms with Crippen molar-refractivity contribution < 1.29 is 9.53 Å². The van der Waals surface area contributed by atoms with Crippen LogP contribution in [0.4, 0.5) is 5.95 Å². The number of anilines is 1. The highest BCUT2D eigenvalue weighted by Crippen LogP contribution is 2.17. The molecule has 0 atom stereocenters. The molecule has 1 aliphatic heterocycles. The summed E-state index contributed by atoms with van der Waals surface area (Å²) in [5.74, 6) is 1.24. The number of carbonyl (C=O) groups is 1. The molecule has 0 aromatic carbocycles. The number of hydrogen-bond donors (Lipinski definition) is 0. The van der Waals surface area contributed by atoms with Gasteiger partial charge in [0.2, 0.25) is 11.8 Å². The number of nitrogens with zero attached hydrogens (tertiary/aromatic N) is 5. The fourth-order valence-corrected chi connectivity index (χ4v) is 3.10. The molecule has 0 saturated carbocycles. The molecule has 25 heavy (non-hydrogen) atoms. The van der Waals surface area contributed by atoms with Gasteiger partial charge in [-0.3, -0.25) is 4.79 Å². The molecule has 1 fully saturated rings. The molecule has 7 nitrogen and oxygen atoms in total. The second-order valence-electron chi connectivity index (χ2n) is 5.89. The van der Waals surface area contributed by atoms with Gasteiger partial charge in [-0.2, -0.15) is 4.98 Å². The average molecular weight is 337 g/mol. The van der Waals surface area contributed by atoms with Crippen LogP contribution in [0.3, 0.4) is 0 Å². The lowest BCUT2D eigenvalue weighted by molar-refractivity contribution is 0.0739. The van der Waals surface area contributed by atoms with Crippen LogP contribution < -0.4 is 9.64 Å². The summed E-state index contributed by atoms with van der Waals surface area (Å²) in [6.45, 7) is 2.67. The Morgan fingerprint density at radius 3 is 2.72 bits per heavy atom. The molecule has 0 aliphatic carbocycles. The van der Waals surface area contributed by atoms with Gasteiger partial charge in [-0.05, 0) is 24.3 Å². The zero-order valence-corrected chi connectivity index (χ0v) is 14.0. The van der Waals surface area contributed by atoms with Gasteiger partial charge in [0, 0.05) is 50.2 Å². The van der Waals surface area contributed by atoms with Crippen molar-refractivity contribution >= 4 is 17.4 Å². The van der Waals surface area contributed by atoms with Gasteiger partial charge in [-0.15, -0.1) is 0 Å². The Morgan fingerprint density at radius 2 is 1.92 bits per heavy atom. The molecular weight excluding hydrogens is 318 g/mol. The highest BCUT2D eigenvalue weighted by Gasteiger charge is 2.25. The number of pyridine rings is 1. The predicted molar refractivity (Wildman–Crippen MR) is 94.1 cm³/mol. The number of aromatic nitrogens is 3. The first kappa shape index (κ1) is 15.4. The summed E-state index contributed by atoms with van der Waals surface area (Å²) in [6, 6.07) is 11.5. The van der Waals surface area contributed by atoms with Gasteiger partial charge in [-0.1, -0.05) is 6.07 Å². The lowest BCUT2D eigenvalue weighted by Gasteiger charge is -2.34. The lowest BCUT2D eigenvalue weighted by atomic mass is 10.3. The number of fused-ring (bicyclic) bond motifs is 1. The van der Waals surface area contributed by atoms with Crippen molar-refractivity contribution in [1.82, 2.24) is 19.3 Å². The van der Waals surface area contributed by atoms with Crippen molar-refractivity contribution in [3.63, 3.8) is 0 Å². The van der Waals surface area contributed by atoms with E-state index in [0.717, 1.165) is 5.52 Å². The zero-order valence-electron chi connectivity index (χ0n) is 14.0. The van der Waals surface area contributed by atoms with Gasteiger partial charge in [0.1, 0.15) is 5.69 Å². The molecule has 0 N–H and O–H groups in total. The molecule has 3 aromatic heterocycles. The minimum Gasteiger partial charge on any atom is -0.481 e. The molecule has 0 radical (unpaired) electrons. The van der Waals surface area contributed by atoms with E-state index < -0.39 is 0 Å². The molecule has 3 aromatic rings. The standard InChI is InChI=1S/C18H19N5O2/c1-25-16-7-8-19-18(20-16)22-12-10-21(11-13-22)17(24)15-6-5-14-4-2-3-9-23(14)15/h2-9H,10-13H2,1H3. The molecule has 0 bridgehead atoms. The maximum Gasteiger partial charge on any atom is 0.270 e. The Morgan fingerprint density at radius 1 is 1.08 bits per heavy atom. The van der Waals surface area contributed by atoms with Crippen molar-refractivity contribution in [1.29, 1.82) is 0 Å². The number of amides is 1. The van der Waals surface area contributed by atoms with Crippen molar-refractivity contribution in [2.75, 3.05) is 38.2 Å². The summed E-state index contributed by atoms with van der Waals surface area (Å²) in [5.41, 5.74) is 1.72. The third-order valence-corrected chi connectivity index (χ3v) is 4.46. The summed E-state index contributed by atoms with van der Waals surface area (Å²) in [4.78, 5) is 25.5. The highest BCUT2D eigenvalue weighted by molar-refractivity contribution is 5.94. The third-order valence-electron chi connectivity index (χ3n) is 4.46. The molecule has 1 saturated heterocycles. The van der Waals surface area contributed by atoms with Crippen LogP contribution in [-0.2, 0) is 0 Å². The van der Waals surface area contributed by atoms with E-state index >= 15 is 0 Å². The number of rotatable bonds is 3. The number of hydrogen-bond acceptors (Lipinski definition) is 5. The number of carbonyl (C=O) groups excluding carboxylic acids is 1. The summed E-state index contributed by atoms with van der Waals surface area (Å²) in [7, 11) is 1.59. The average Bonchev–Trinajstić information content (AvgIpc) is 3.12. The van der Waals surface area contributed by atoms with E-state index in [-0.39, 0.29) is 5.91 Å². The summed E-state index contributed by atoms with van der Waals surface area (Å²) < 4.78 is 7.08. The van der Waals surface area contributed by atoms with Crippen molar-refractivity contribution in [3.05, 3.63) is 54.5 Å². The highest BCUT2D eigenvalue weighted by atomic mass is 16.5. The second-order valence-corrected chi connectivity index (χ2v) is 5.89. The Balaban J connectivity index is 1.47. The number of ether oxygens (including phenoxy) is 1. The van der Waals surface area contributed by atoms with E-state index in [4.69, 9.17) is 4.74 Å². The monoisotopic (exact) mass is 337 g/mol. The van der Waals surface area contributed by atoms with Crippen LogP contribution in [0, 0.1) is 0 Å².